The van der Waals surface area contributed by atoms with E-state index in [1.807, 2.05) is 20.8 Å². The maximum atomic E-state index is 12.4. The lowest BCUT2D eigenvalue weighted by Crippen LogP contribution is -2.10. The van der Waals surface area contributed by atoms with Gasteiger partial charge in [-0.05, 0) is 20.8 Å². The first-order valence-corrected chi connectivity index (χ1v) is 7.26. The molecule has 0 aliphatic carbocycles. The Labute approximate surface area is 126 Å². The second kappa shape index (κ2) is 9.23. The molecule has 0 bridgehead atoms. The van der Waals surface area contributed by atoms with Crippen molar-refractivity contribution in [2.75, 3.05) is 33.5 Å². The van der Waals surface area contributed by atoms with Crippen molar-refractivity contribution >= 4 is 5.78 Å². The van der Waals surface area contributed by atoms with Crippen LogP contribution in [0.15, 0.2) is 12.1 Å². The fourth-order valence-electron chi connectivity index (χ4n) is 1.95. The first kappa shape index (κ1) is 17.3. The van der Waals surface area contributed by atoms with Gasteiger partial charge < -0.3 is 18.9 Å². The molecule has 1 aromatic rings. The number of hydrogen-bond acceptors (Lipinski definition) is 5. The van der Waals surface area contributed by atoms with Crippen molar-refractivity contribution in [3.05, 3.63) is 17.7 Å². The number of rotatable bonds is 10. The first-order chi connectivity index (χ1) is 10.2. The molecule has 0 saturated heterocycles. The molecule has 0 aromatic heterocycles. The Morgan fingerprint density at radius 3 is 1.90 bits per heavy atom. The molecule has 0 N–H and O–H groups in total. The SMILES string of the molecule is CCOc1cc(OCC)c(C(=O)CCOC)c(OCC)c1. The number of ether oxygens (including phenoxy) is 4. The Hall–Kier alpha value is -1.75. The average molecular weight is 296 g/mol. The van der Waals surface area contributed by atoms with Gasteiger partial charge >= 0.3 is 0 Å². The van der Waals surface area contributed by atoms with Crippen molar-refractivity contribution in [1.29, 1.82) is 0 Å². The van der Waals surface area contributed by atoms with Crippen LogP contribution in [0.1, 0.15) is 37.6 Å². The van der Waals surface area contributed by atoms with Crippen LogP contribution in [-0.4, -0.2) is 39.3 Å². The van der Waals surface area contributed by atoms with Crippen LogP contribution < -0.4 is 14.2 Å². The minimum Gasteiger partial charge on any atom is -0.494 e. The second-order valence-corrected chi connectivity index (χ2v) is 4.26. The van der Waals surface area contributed by atoms with E-state index in [2.05, 4.69) is 0 Å². The highest BCUT2D eigenvalue weighted by Gasteiger charge is 2.20. The summed E-state index contributed by atoms with van der Waals surface area (Å²) in [5.74, 6) is 1.56. The van der Waals surface area contributed by atoms with Gasteiger partial charge in [-0.25, -0.2) is 0 Å². The van der Waals surface area contributed by atoms with E-state index in [-0.39, 0.29) is 12.2 Å². The molecule has 0 spiro atoms. The van der Waals surface area contributed by atoms with Crippen molar-refractivity contribution < 1.29 is 23.7 Å². The van der Waals surface area contributed by atoms with Gasteiger partial charge in [-0.1, -0.05) is 0 Å². The molecule has 0 heterocycles. The molecule has 0 aliphatic heterocycles. The van der Waals surface area contributed by atoms with Crippen LogP contribution in [0.2, 0.25) is 0 Å². The summed E-state index contributed by atoms with van der Waals surface area (Å²) in [5, 5.41) is 0. The maximum absolute atomic E-state index is 12.4. The summed E-state index contributed by atoms with van der Waals surface area (Å²) in [5.41, 5.74) is 0.458. The van der Waals surface area contributed by atoms with E-state index < -0.39 is 0 Å². The van der Waals surface area contributed by atoms with Gasteiger partial charge in [0.15, 0.2) is 5.78 Å². The molecule has 0 radical (unpaired) electrons. The van der Waals surface area contributed by atoms with E-state index in [9.17, 15) is 4.79 Å². The van der Waals surface area contributed by atoms with Gasteiger partial charge in [0.1, 0.15) is 22.8 Å². The van der Waals surface area contributed by atoms with E-state index in [0.717, 1.165) is 0 Å². The number of carbonyl (C=O) groups is 1. The lowest BCUT2D eigenvalue weighted by atomic mass is 10.1. The molecule has 21 heavy (non-hydrogen) atoms. The molecule has 0 amide bonds. The molecule has 0 saturated carbocycles. The standard InChI is InChI=1S/C16H24O5/c1-5-19-12-10-14(20-6-2)16(13(17)8-9-18-4)15(11-12)21-7-3/h10-11H,5-9H2,1-4H3. The topological polar surface area (TPSA) is 54.0 Å². The molecular formula is C16H24O5. The summed E-state index contributed by atoms with van der Waals surface area (Å²) in [6.07, 6.45) is 0.282. The van der Waals surface area contributed by atoms with Crippen molar-refractivity contribution in [1.82, 2.24) is 0 Å². The Morgan fingerprint density at radius 2 is 1.48 bits per heavy atom. The van der Waals surface area contributed by atoms with Crippen molar-refractivity contribution in [2.45, 2.75) is 27.2 Å². The zero-order valence-electron chi connectivity index (χ0n) is 13.2. The van der Waals surface area contributed by atoms with Gasteiger partial charge in [-0.2, -0.15) is 0 Å². The molecule has 5 nitrogen and oxygen atoms in total. The molecule has 0 fully saturated rings. The highest BCUT2D eigenvalue weighted by Crippen LogP contribution is 2.35. The normalized spacial score (nSPS) is 10.3. The molecule has 0 atom stereocenters. The summed E-state index contributed by atoms with van der Waals surface area (Å²) in [6, 6.07) is 3.46. The first-order valence-electron chi connectivity index (χ1n) is 7.26. The maximum Gasteiger partial charge on any atom is 0.172 e. The summed E-state index contributed by atoms with van der Waals surface area (Å²) in [6.45, 7) is 7.47. The number of ketones is 1. The van der Waals surface area contributed by atoms with Crippen LogP contribution in [0.5, 0.6) is 17.2 Å². The third kappa shape index (κ3) is 4.93. The summed E-state index contributed by atoms with van der Waals surface area (Å²) in [7, 11) is 1.57. The molecule has 0 unspecified atom stereocenters. The van der Waals surface area contributed by atoms with Gasteiger partial charge in [0, 0.05) is 25.7 Å². The number of Topliss-reactive ketones (excluding diaryl/α,β-unsaturated/α-hetero) is 1. The summed E-state index contributed by atoms with van der Waals surface area (Å²) >= 11 is 0. The van der Waals surface area contributed by atoms with E-state index in [1.165, 1.54) is 0 Å². The zero-order chi connectivity index (χ0) is 15.7. The monoisotopic (exact) mass is 296 g/mol. The van der Waals surface area contributed by atoms with Gasteiger partial charge in [0.25, 0.3) is 0 Å². The highest BCUT2D eigenvalue weighted by molar-refractivity contribution is 6.01. The van der Waals surface area contributed by atoms with Crippen LogP contribution >= 0.6 is 0 Å². The van der Waals surface area contributed by atoms with E-state index >= 15 is 0 Å². The summed E-state index contributed by atoms with van der Waals surface area (Å²) < 4.78 is 21.6. The molecular weight excluding hydrogens is 272 g/mol. The van der Waals surface area contributed by atoms with Gasteiger partial charge in [-0.3, -0.25) is 4.79 Å². The van der Waals surface area contributed by atoms with Crippen LogP contribution in [0.3, 0.4) is 0 Å². The predicted octanol–water partition coefficient (Wildman–Crippen LogP) is 3.10. The van der Waals surface area contributed by atoms with Crippen molar-refractivity contribution in [3.8, 4) is 17.2 Å². The second-order valence-electron chi connectivity index (χ2n) is 4.26. The van der Waals surface area contributed by atoms with Gasteiger partial charge in [0.05, 0.1) is 26.4 Å². The Bertz CT molecular complexity index is 429. The Morgan fingerprint density at radius 1 is 0.952 bits per heavy atom. The fraction of sp³-hybridized carbons (Fsp3) is 0.562. The molecule has 1 rings (SSSR count). The number of methoxy groups -OCH3 is 1. The predicted molar refractivity (Wildman–Crippen MR) is 80.8 cm³/mol. The Balaban J connectivity index is 3.23. The molecule has 1 aromatic carbocycles. The van der Waals surface area contributed by atoms with E-state index in [1.54, 1.807) is 19.2 Å². The molecule has 118 valence electrons. The third-order valence-electron chi connectivity index (χ3n) is 2.76. The van der Waals surface area contributed by atoms with Crippen LogP contribution in [0, 0.1) is 0 Å². The fourth-order valence-corrected chi connectivity index (χ4v) is 1.95. The van der Waals surface area contributed by atoms with E-state index in [4.69, 9.17) is 18.9 Å². The summed E-state index contributed by atoms with van der Waals surface area (Å²) in [4.78, 5) is 12.4. The van der Waals surface area contributed by atoms with Crippen LogP contribution in [-0.2, 0) is 4.74 Å². The van der Waals surface area contributed by atoms with E-state index in [0.29, 0.717) is 49.2 Å². The minimum atomic E-state index is -0.0631. The lowest BCUT2D eigenvalue weighted by Gasteiger charge is -2.16. The highest BCUT2D eigenvalue weighted by atomic mass is 16.5. The number of benzene rings is 1. The van der Waals surface area contributed by atoms with Crippen molar-refractivity contribution in [3.63, 3.8) is 0 Å². The zero-order valence-corrected chi connectivity index (χ0v) is 13.2. The van der Waals surface area contributed by atoms with Crippen molar-refractivity contribution in [2.24, 2.45) is 0 Å². The van der Waals surface area contributed by atoms with Crippen LogP contribution in [0.4, 0.5) is 0 Å². The average Bonchev–Trinajstić information content (AvgIpc) is 2.46. The number of carbonyl (C=O) groups excluding carboxylic acids is 1. The number of hydrogen-bond donors (Lipinski definition) is 0. The van der Waals surface area contributed by atoms with Gasteiger partial charge in [0.2, 0.25) is 0 Å². The minimum absolute atomic E-state index is 0.0631. The quantitative estimate of drug-likeness (QED) is 0.621. The van der Waals surface area contributed by atoms with Gasteiger partial charge in [-0.15, -0.1) is 0 Å². The third-order valence-corrected chi connectivity index (χ3v) is 2.76. The smallest absolute Gasteiger partial charge is 0.172 e. The molecule has 5 heteroatoms. The lowest BCUT2D eigenvalue weighted by molar-refractivity contribution is 0.0924. The Kier molecular flexibility index (Phi) is 7.61. The largest absolute Gasteiger partial charge is 0.494 e. The molecule has 0 aliphatic rings. The van der Waals surface area contributed by atoms with Crippen LogP contribution in [0.25, 0.3) is 0 Å².